The lowest BCUT2D eigenvalue weighted by molar-refractivity contribution is -0.897. The van der Waals surface area contributed by atoms with Gasteiger partial charge in [-0.3, -0.25) is 0 Å². The molecular formula is C22H30ClN2O2+. The second kappa shape index (κ2) is 8.49. The summed E-state index contributed by atoms with van der Waals surface area (Å²) in [5.74, 6) is 0. The van der Waals surface area contributed by atoms with Crippen LogP contribution >= 0.6 is 11.6 Å². The SMILES string of the molecule is C=C(C1=CC(=[N+](OCC)N2CCOCC2)CC(C)(C)C1)c1cccc(Cl)c1. The van der Waals surface area contributed by atoms with Gasteiger partial charge in [0.15, 0.2) is 6.61 Å². The van der Waals surface area contributed by atoms with Crippen LogP contribution in [0.25, 0.3) is 5.57 Å². The number of rotatable bonds is 5. The van der Waals surface area contributed by atoms with E-state index in [1.54, 1.807) is 0 Å². The van der Waals surface area contributed by atoms with Crippen LogP contribution in [0.3, 0.4) is 0 Å². The van der Waals surface area contributed by atoms with Crippen LogP contribution in [0, 0.1) is 5.41 Å². The first-order valence-corrected chi connectivity index (χ1v) is 10.0. The van der Waals surface area contributed by atoms with E-state index in [0.29, 0.717) is 6.61 Å². The van der Waals surface area contributed by atoms with E-state index in [-0.39, 0.29) is 5.41 Å². The van der Waals surface area contributed by atoms with Crippen molar-refractivity contribution in [3.63, 3.8) is 0 Å². The Balaban J connectivity index is 2.00. The predicted octanol–water partition coefficient (Wildman–Crippen LogP) is 4.75. The first-order chi connectivity index (χ1) is 12.9. The normalized spacial score (nSPS) is 21.5. The number of allylic oxidation sites excluding steroid dienone is 3. The number of nitrogens with zero attached hydrogens (tertiary/aromatic N) is 2. The highest BCUT2D eigenvalue weighted by atomic mass is 35.5. The Morgan fingerprint density at radius 2 is 2.04 bits per heavy atom. The summed E-state index contributed by atoms with van der Waals surface area (Å²) in [6, 6.07) is 7.92. The molecule has 1 aromatic rings. The lowest BCUT2D eigenvalue weighted by atomic mass is 9.74. The van der Waals surface area contributed by atoms with Crippen LogP contribution in [0.2, 0.25) is 5.02 Å². The smallest absolute Gasteiger partial charge is 0.264 e. The molecule has 0 radical (unpaired) electrons. The van der Waals surface area contributed by atoms with E-state index in [0.717, 1.165) is 55.3 Å². The summed E-state index contributed by atoms with van der Waals surface area (Å²) >= 11 is 6.19. The summed E-state index contributed by atoms with van der Waals surface area (Å²) in [7, 11) is 0. The molecule has 0 amide bonds. The highest BCUT2D eigenvalue weighted by Crippen LogP contribution is 2.39. The summed E-state index contributed by atoms with van der Waals surface area (Å²) in [4.78, 5) is 8.03. The Bertz CT molecular complexity index is 761. The van der Waals surface area contributed by atoms with Crippen LogP contribution in [-0.2, 0) is 9.57 Å². The molecule has 2 aliphatic rings. The summed E-state index contributed by atoms with van der Waals surface area (Å²) in [6.07, 6.45) is 4.18. The molecule has 1 heterocycles. The van der Waals surface area contributed by atoms with Crippen molar-refractivity contribution >= 4 is 22.9 Å². The van der Waals surface area contributed by atoms with Gasteiger partial charge < -0.3 is 4.74 Å². The molecule has 3 rings (SSSR count). The van der Waals surface area contributed by atoms with Gasteiger partial charge in [0.2, 0.25) is 0 Å². The van der Waals surface area contributed by atoms with Crippen LogP contribution < -0.4 is 0 Å². The minimum absolute atomic E-state index is 0.128. The van der Waals surface area contributed by atoms with Gasteiger partial charge in [-0.2, -0.15) is 0 Å². The molecule has 0 N–H and O–H groups in total. The van der Waals surface area contributed by atoms with Gasteiger partial charge in [0.1, 0.15) is 13.1 Å². The molecular weight excluding hydrogens is 360 g/mol. The predicted molar refractivity (Wildman–Crippen MR) is 111 cm³/mol. The number of hydrazine groups is 1. The monoisotopic (exact) mass is 389 g/mol. The molecule has 4 nitrogen and oxygen atoms in total. The Kier molecular flexibility index (Phi) is 6.28. The van der Waals surface area contributed by atoms with Crippen LogP contribution in [0.1, 0.15) is 39.2 Å². The Hall–Kier alpha value is -1.78. The van der Waals surface area contributed by atoms with Gasteiger partial charge in [-0.25, -0.2) is 4.84 Å². The molecule has 1 aliphatic heterocycles. The van der Waals surface area contributed by atoms with Crippen molar-refractivity contribution in [3.8, 4) is 0 Å². The molecule has 146 valence electrons. The lowest BCUT2D eigenvalue weighted by Crippen LogP contribution is -2.47. The van der Waals surface area contributed by atoms with Crippen molar-refractivity contribution in [1.82, 2.24) is 5.01 Å². The molecule has 5 heteroatoms. The van der Waals surface area contributed by atoms with E-state index in [9.17, 15) is 0 Å². The zero-order valence-electron chi connectivity index (χ0n) is 16.6. The number of benzene rings is 1. The molecule has 0 saturated carbocycles. The Morgan fingerprint density at radius 3 is 2.70 bits per heavy atom. The molecule has 1 fully saturated rings. The second-order valence-electron chi connectivity index (χ2n) is 7.92. The van der Waals surface area contributed by atoms with Crippen LogP contribution in [0.4, 0.5) is 0 Å². The summed E-state index contributed by atoms with van der Waals surface area (Å²) < 4.78 is 5.51. The fraction of sp³-hybridized carbons (Fsp3) is 0.500. The Labute approximate surface area is 167 Å². The third-order valence-corrected chi connectivity index (χ3v) is 5.21. The van der Waals surface area contributed by atoms with E-state index >= 15 is 0 Å². The fourth-order valence-electron chi connectivity index (χ4n) is 3.75. The number of morpholine rings is 1. The lowest BCUT2D eigenvalue weighted by Gasteiger charge is -2.31. The standard InChI is InChI=1S/C22H30ClN2O2/c1-5-27-25(24-9-11-26-12-10-24)21-14-19(15-22(3,4)16-21)17(2)18-7-6-8-20(23)13-18/h6-8,13-14H,2,5,9-12,15-16H2,1,3-4H3/q+1. The summed E-state index contributed by atoms with van der Waals surface area (Å²) in [5, 5.41) is 2.97. The maximum Gasteiger partial charge on any atom is 0.264 e. The number of hydrogen-bond acceptors (Lipinski definition) is 3. The molecule has 0 spiro atoms. The van der Waals surface area contributed by atoms with E-state index in [2.05, 4.69) is 37.6 Å². The molecule has 1 aliphatic carbocycles. The van der Waals surface area contributed by atoms with Gasteiger partial charge in [-0.05, 0) is 47.6 Å². The molecule has 27 heavy (non-hydrogen) atoms. The number of hydrazone groups is 1. The first kappa shape index (κ1) is 20.0. The summed E-state index contributed by atoms with van der Waals surface area (Å²) in [6.45, 7) is 14.8. The number of halogens is 1. The zero-order valence-corrected chi connectivity index (χ0v) is 17.4. The highest BCUT2D eigenvalue weighted by Gasteiger charge is 2.36. The van der Waals surface area contributed by atoms with Gasteiger partial charge in [0, 0.05) is 17.5 Å². The second-order valence-corrected chi connectivity index (χ2v) is 8.36. The largest absolute Gasteiger partial charge is 0.377 e. The van der Waals surface area contributed by atoms with E-state index < -0.39 is 0 Å². The maximum atomic E-state index is 6.19. The third kappa shape index (κ3) is 4.94. The van der Waals surface area contributed by atoms with Crippen molar-refractivity contribution < 1.29 is 14.4 Å². The van der Waals surface area contributed by atoms with Gasteiger partial charge in [0.25, 0.3) is 5.71 Å². The Morgan fingerprint density at radius 1 is 1.30 bits per heavy atom. The summed E-state index contributed by atoms with van der Waals surface area (Å²) in [5.41, 5.74) is 4.64. The quantitative estimate of drug-likeness (QED) is 0.536. The molecule has 0 unspecified atom stereocenters. The van der Waals surface area contributed by atoms with Gasteiger partial charge in [0.05, 0.1) is 18.1 Å². The zero-order chi connectivity index (χ0) is 19.4. The third-order valence-electron chi connectivity index (χ3n) is 4.97. The minimum Gasteiger partial charge on any atom is -0.377 e. The van der Waals surface area contributed by atoms with Gasteiger partial charge in [-0.1, -0.05) is 44.2 Å². The van der Waals surface area contributed by atoms with Crippen LogP contribution in [0.15, 0.2) is 42.5 Å². The number of hydrogen-bond donors (Lipinski definition) is 0. The van der Waals surface area contributed by atoms with Gasteiger partial charge in [-0.15, -0.1) is 5.01 Å². The van der Waals surface area contributed by atoms with E-state index in [4.69, 9.17) is 21.2 Å². The maximum absolute atomic E-state index is 6.19. The van der Waals surface area contributed by atoms with E-state index in [1.807, 2.05) is 30.0 Å². The molecule has 1 aromatic carbocycles. The van der Waals surface area contributed by atoms with Crippen molar-refractivity contribution in [1.29, 1.82) is 0 Å². The molecule has 1 saturated heterocycles. The van der Waals surface area contributed by atoms with Gasteiger partial charge >= 0.3 is 0 Å². The number of ether oxygens (including phenoxy) is 1. The van der Waals surface area contributed by atoms with E-state index in [1.165, 1.54) is 11.3 Å². The first-order valence-electron chi connectivity index (χ1n) is 9.67. The van der Waals surface area contributed by atoms with Crippen LogP contribution in [0.5, 0.6) is 0 Å². The molecule has 0 bridgehead atoms. The highest BCUT2D eigenvalue weighted by molar-refractivity contribution is 6.30. The average Bonchev–Trinajstić information content (AvgIpc) is 2.65. The van der Waals surface area contributed by atoms with Crippen molar-refractivity contribution in [2.24, 2.45) is 5.41 Å². The van der Waals surface area contributed by atoms with Crippen molar-refractivity contribution in [2.45, 2.75) is 33.6 Å². The average molecular weight is 390 g/mol. The van der Waals surface area contributed by atoms with Crippen molar-refractivity contribution in [2.75, 3.05) is 32.9 Å². The fourth-order valence-corrected chi connectivity index (χ4v) is 3.94. The molecule has 0 atom stereocenters. The minimum atomic E-state index is 0.128. The van der Waals surface area contributed by atoms with Crippen molar-refractivity contribution in [3.05, 3.63) is 53.1 Å². The topological polar surface area (TPSA) is 24.7 Å². The van der Waals surface area contributed by atoms with Crippen LogP contribution in [-0.4, -0.2) is 48.5 Å². The molecule has 0 aromatic heterocycles.